The molecule has 460 valence electrons. The molecule has 0 spiro atoms. The van der Waals surface area contributed by atoms with Gasteiger partial charge in [-0.05, 0) is 51.4 Å². The molecule has 0 aliphatic carbocycles. The average Bonchev–Trinajstić information content (AvgIpc) is 3.44. The van der Waals surface area contributed by atoms with Crippen LogP contribution < -0.4 is 0 Å². The van der Waals surface area contributed by atoms with E-state index >= 15 is 0 Å². The van der Waals surface area contributed by atoms with Crippen molar-refractivity contribution in [2.24, 2.45) is 0 Å². The molecule has 1 unspecified atom stereocenters. The number of carbonyl (C=O) groups excluding carboxylic acids is 3. The van der Waals surface area contributed by atoms with Gasteiger partial charge < -0.3 is 14.2 Å². The Bertz CT molecular complexity index is 1260. The van der Waals surface area contributed by atoms with E-state index < -0.39 is 6.10 Å². The predicted molar refractivity (Wildman–Crippen MR) is 340 cm³/mol. The lowest BCUT2D eigenvalue weighted by Gasteiger charge is -2.18. The topological polar surface area (TPSA) is 78.9 Å². The Morgan fingerprint density at radius 2 is 0.462 bits per heavy atom. The van der Waals surface area contributed by atoms with Crippen LogP contribution in [0.3, 0.4) is 0 Å². The summed E-state index contributed by atoms with van der Waals surface area (Å²) in [4.78, 5) is 38.3. The fourth-order valence-corrected chi connectivity index (χ4v) is 10.9. The first kappa shape index (κ1) is 75.9. The number of hydrogen-bond donors (Lipinski definition) is 0. The minimum Gasteiger partial charge on any atom is -0.462 e. The van der Waals surface area contributed by atoms with Crippen molar-refractivity contribution in [1.82, 2.24) is 0 Å². The monoisotopic (exact) mass is 1100 g/mol. The molecule has 0 N–H and O–H groups in total. The Morgan fingerprint density at radius 1 is 0.256 bits per heavy atom. The van der Waals surface area contributed by atoms with E-state index in [0.717, 1.165) is 64.2 Å². The van der Waals surface area contributed by atoms with E-state index in [4.69, 9.17) is 14.2 Å². The molecule has 0 radical (unpaired) electrons. The third kappa shape index (κ3) is 64.7. The average molecular weight is 1100 g/mol. The number of carbonyl (C=O) groups is 3. The van der Waals surface area contributed by atoms with Gasteiger partial charge in [0, 0.05) is 19.3 Å². The molecule has 1 atom stereocenters. The van der Waals surface area contributed by atoms with Crippen LogP contribution in [0.4, 0.5) is 0 Å². The number of unbranched alkanes of at least 4 members (excludes halogenated alkanes) is 51. The van der Waals surface area contributed by atoms with E-state index in [1.54, 1.807) is 0 Å². The maximum atomic E-state index is 12.9. The second kappa shape index (κ2) is 67.4. The van der Waals surface area contributed by atoms with E-state index in [2.05, 4.69) is 45.1 Å². The quantitative estimate of drug-likeness (QED) is 0.0261. The fourth-order valence-electron chi connectivity index (χ4n) is 10.9. The molecule has 0 bridgehead atoms. The smallest absolute Gasteiger partial charge is 0.306 e. The largest absolute Gasteiger partial charge is 0.462 e. The highest BCUT2D eigenvalue weighted by molar-refractivity contribution is 5.71. The van der Waals surface area contributed by atoms with Gasteiger partial charge in [0.2, 0.25) is 0 Å². The predicted octanol–water partition coefficient (Wildman–Crippen LogP) is 24.2. The Labute approximate surface area is 487 Å². The van der Waals surface area contributed by atoms with Gasteiger partial charge in [-0.15, -0.1) is 0 Å². The van der Waals surface area contributed by atoms with Crippen LogP contribution in [-0.2, 0) is 28.6 Å². The Kier molecular flexibility index (Phi) is 65.6. The molecule has 0 aromatic rings. The van der Waals surface area contributed by atoms with Crippen LogP contribution in [0, 0.1) is 0 Å². The van der Waals surface area contributed by atoms with Crippen molar-refractivity contribution < 1.29 is 28.6 Å². The maximum absolute atomic E-state index is 12.9. The van der Waals surface area contributed by atoms with E-state index in [0.29, 0.717) is 19.3 Å². The van der Waals surface area contributed by atoms with Crippen LogP contribution in [0.1, 0.15) is 400 Å². The van der Waals surface area contributed by atoms with Crippen LogP contribution in [0.25, 0.3) is 0 Å². The number of allylic oxidation sites excluding steroid dienone is 4. The van der Waals surface area contributed by atoms with Crippen molar-refractivity contribution in [1.29, 1.82) is 0 Å². The van der Waals surface area contributed by atoms with E-state index in [-0.39, 0.29) is 31.1 Å². The lowest BCUT2D eigenvalue weighted by atomic mass is 10.0. The van der Waals surface area contributed by atoms with Gasteiger partial charge in [0.05, 0.1) is 0 Å². The normalized spacial score (nSPS) is 12.1. The Hall–Kier alpha value is -2.11. The summed E-state index contributed by atoms with van der Waals surface area (Å²) in [5.41, 5.74) is 0. The first-order valence-corrected chi connectivity index (χ1v) is 35.3. The number of hydrogen-bond acceptors (Lipinski definition) is 6. The summed E-state index contributed by atoms with van der Waals surface area (Å²) in [6, 6.07) is 0. The van der Waals surface area contributed by atoms with E-state index in [1.165, 1.54) is 295 Å². The highest BCUT2D eigenvalue weighted by Crippen LogP contribution is 2.19. The fraction of sp³-hybridized carbons (Fsp3) is 0.903. The van der Waals surface area contributed by atoms with Crippen molar-refractivity contribution in [2.45, 2.75) is 406 Å². The third-order valence-corrected chi connectivity index (χ3v) is 16.2. The second-order valence-electron chi connectivity index (χ2n) is 24.2. The summed E-state index contributed by atoms with van der Waals surface area (Å²) in [5, 5.41) is 0. The highest BCUT2D eigenvalue weighted by Gasteiger charge is 2.19. The van der Waals surface area contributed by atoms with Crippen LogP contribution >= 0.6 is 0 Å². The molecule has 0 saturated heterocycles. The van der Waals surface area contributed by atoms with Crippen molar-refractivity contribution in [3.8, 4) is 0 Å². The molecule has 0 rings (SSSR count). The van der Waals surface area contributed by atoms with Gasteiger partial charge in [-0.1, -0.05) is 353 Å². The summed E-state index contributed by atoms with van der Waals surface area (Å²) < 4.78 is 16.9. The number of esters is 3. The SMILES string of the molecule is CCCCCCC/C=C\C/C=C\CCCCCCCCCCCCCCCC(=O)OC(COC(=O)CCCCCCCCCCC)COC(=O)CCCCCCCCCCCCCCCCCCCCCCCCCCCC. The molecule has 0 saturated carbocycles. The number of ether oxygens (including phenoxy) is 3. The van der Waals surface area contributed by atoms with Crippen molar-refractivity contribution in [3.63, 3.8) is 0 Å². The summed E-state index contributed by atoms with van der Waals surface area (Å²) in [6.45, 7) is 6.69. The van der Waals surface area contributed by atoms with Crippen molar-refractivity contribution in [2.75, 3.05) is 13.2 Å². The van der Waals surface area contributed by atoms with Crippen LogP contribution in [0.5, 0.6) is 0 Å². The molecular weight excluding hydrogens is 961 g/mol. The van der Waals surface area contributed by atoms with E-state index in [9.17, 15) is 14.4 Å². The molecule has 0 fully saturated rings. The first-order chi connectivity index (χ1) is 38.5. The zero-order chi connectivity index (χ0) is 56.4. The third-order valence-electron chi connectivity index (χ3n) is 16.2. The summed E-state index contributed by atoms with van der Waals surface area (Å²) in [7, 11) is 0. The van der Waals surface area contributed by atoms with Crippen molar-refractivity contribution >= 4 is 17.9 Å². The highest BCUT2D eigenvalue weighted by atomic mass is 16.6. The second-order valence-corrected chi connectivity index (χ2v) is 24.2. The molecule has 0 amide bonds. The molecule has 78 heavy (non-hydrogen) atoms. The van der Waals surface area contributed by atoms with Gasteiger partial charge in [0.1, 0.15) is 13.2 Å². The molecule has 6 heteroatoms. The zero-order valence-electron chi connectivity index (χ0n) is 53.0. The Morgan fingerprint density at radius 3 is 0.705 bits per heavy atom. The van der Waals surface area contributed by atoms with Gasteiger partial charge in [-0.3, -0.25) is 14.4 Å². The number of rotatable bonds is 66. The van der Waals surface area contributed by atoms with Crippen LogP contribution in [-0.4, -0.2) is 37.2 Å². The molecule has 0 heterocycles. The van der Waals surface area contributed by atoms with Crippen LogP contribution in [0.2, 0.25) is 0 Å². The van der Waals surface area contributed by atoms with Gasteiger partial charge in [0.25, 0.3) is 0 Å². The summed E-state index contributed by atoms with van der Waals surface area (Å²) in [5.74, 6) is -0.838. The Balaban J connectivity index is 4.10. The summed E-state index contributed by atoms with van der Waals surface area (Å²) >= 11 is 0. The van der Waals surface area contributed by atoms with Gasteiger partial charge in [-0.25, -0.2) is 0 Å². The lowest BCUT2D eigenvalue weighted by molar-refractivity contribution is -0.167. The maximum Gasteiger partial charge on any atom is 0.306 e. The molecule has 6 nitrogen and oxygen atoms in total. The van der Waals surface area contributed by atoms with Crippen molar-refractivity contribution in [3.05, 3.63) is 24.3 Å². The first-order valence-electron chi connectivity index (χ1n) is 35.3. The molecule has 0 aliphatic rings. The molecule has 0 aromatic heterocycles. The minimum atomic E-state index is -0.767. The standard InChI is InChI=1S/C72H136O6/c1-4-7-10-13-16-19-21-23-25-27-29-31-33-35-37-38-40-42-44-46-48-50-53-56-59-62-65-71(74)77-68-69(67-76-70(73)64-61-58-55-52-18-15-12-9-6-3)78-72(75)66-63-60-57-54-51-49-47-45-43-41-39-36-34-32-30-28-26-24-22-20-17-14-11-8-5-2/h22,24,28,30,69H,4-21,23,25-27,29,31-68H2,1-3H3/b24-22-,30-28-. The van der Waals surface area contributed by atoms with Gasteiger partial charge in [0.15, 0.2) is 6.10 Å². The van der Waals surface area contributed by atoms with Gasteiger partial charge >= 0.3 is 17.9 Å². The van der Waals surface area contributed by atoms with Gasteiger partial charge in [-0.2, -0.15) is 0 Å². The minimum absolute atomic E-state index is 0.0649. The lowest BCUT2D eigenvalue weighted by Crippen LogP contribution is -2.30. The molecular formula is C72H136O6. The van der Waals surface area contributed by atoms with Crippen LogP contribution in [0.15, 0.2) is 24.3 Å². The summed E-state index contributed by atoms with van der Waals surface area (Å²) in [6.07, 6.45) is 82.3. The zero-order valence-corrected chi connectivity index (χ0v) is 53.0. The van der Waals surface area contributed by atoms with E-state index in [1.807, 2.05) is 0 Å². The molecule has 0 aliphatic heterocycles. The molecule has 0 aromatic carbocycles.